The number of aryl methyl sites for hydroxylation is 1. The summed E-state index contributed by atoms with van der Waals surface area (Å²) < 4.78 is 24.1. The van der Waals surface area contributed by atoms with E-state index in [2.05, 4.69) is 0 Å². The van der Waals surface area contributed by atoms with E-state index >= 15 is 0 Å². The molecule has 0 radical (unpaired) electrons. The number of hydrogen-bond acceptors (Lipinski definition) is 3. The summed E-state index contributed by atoms with van der Waals surface area (Å²) in [7, 11) is 1.53. The summed E-state index contributed by atoms with van der Waals surface area (Å²) in [5.74, 6) is -0.0900. The Morgan fingerprint density at radius 3 is 2.69 bits per heavy atom. The SMILES string of the molecule is CCc1ccc(C(=O)CN(C)CC(F)F)s1. The van der Waals surface area contributed by atoms with Gasteiger partial charge in [-0.1, -0.05) is 6.92 Å². The third-order valence-corrected chi connectivity index (χ3v) is 3.42. The predicted molar refractivity (Wildman–Crippen MR) is 61.5 cm³/mol. The number of likely N-dealkylation sites (N-methyl/N-ethyl adjacent to an activating group) is 1. The molecule has 0 aromatic carbocycles. The van der Waals surface area contributed by atoms with Gasteiger partial charge in [-0.25, -0.2) is 8.78 Å². The molecule has 0 N–H and O–H groups in total. The number of Topliss-reactive ketones (excluding diaryl/α,β-unsaturated/α-hetero) is 1. The van der Waals surface area contributed by atoms with Crippen LogP contribution >= 0.6 is 11.3 Å². The fraction of sp³-hybridized carbons (Fsp3) is 0.545. The molecule has 0 aliphatic rings. The third kappa shape index (κ3) is 3.98. The summed E-state index contributed by atoms with van der Waals surface area (Å²) in [4.78, 5) is 14.8. The van der Waals surface area contributed by atoms with Gasteiger partial charge in [0.25, 0.3) is 6.43 Å². The van der Waals surface area contributed by atoms with Crippen molar-refractivity contribution < 1.29 is 13.6 Å². The lowest BCUT2D eigenvalue weighted by Crippen LogP contribution is -2.30. The van der Waals surface area contributed by atoms with Crippen LogP contribution in [0.1, 0.15) is 21.5 Å². The van der Waals surface area contributed by atoms with Crippen molar-refractivity contribution in [1.29, 1.82) is 0 Å². The van der Waals surface area contributed by atoms with Crippen molar-refractivity contribution in [3.05, 3.63) is 21.9 Å². The predicted octanol–water partition coefficient (Wildman–Crippen LogP) is 2.69. The Balaban J connectivity index is 2.51. The average Bonchev–Trinajstić information content (AvgIpc) is 2.64. The number of nitrogens with zero attached hydrogens (tertiary/aromatic N) is 1. The number of halogens is 2. The standard InChI is InChI=1S/C11H15F2NOS/c1-3-8-4-5-10(16-8)9(15)6-14(2)7-11(12)13/h4-5,11H,3,6-7H2,1-2H3. The van der Waals surface area contributed by atoms with E-state index in [1.165, 1.54) is 23.3 Å². The minimum atomic E-state index is -2.40. The zero-order chi connectivity index (χ0) is 12.1. The molecule has 16 heavy (non-hydrogen) atoms. The number of rotatable bonds is 6. The van der Waals surface area contributed by atoms with Gasteiger partial charge in [0.15, 0.2) is 5.78 Å². The molecule has 0 fully saturated rings. The third-order valence-electron chi connectivity index (χ3n) is 2.15. The van der Waals surface area contributed by atoms with Crippen molar-refractivity contribution >= 4 is 17.1 Å². The van der Waals surface area contributed by atoms with Crippen LogP contribution in [-0.2, 0) is 6.42 Å². The molecule has 0 spiro atoms. The minimum Gasteiger partial charge on any atom is -0.293 e. The largest absolute Gasteiger partial charge is 0.293 e. The van der Waals surface area contributed by atoms with Crippen LogP contribution in [0, 0.1) is 0 Å². The van der Waals surface area contributed by atoms with Gasteiger partial charge in [-0.15, -0.1) is 11.3 Å². The molecule has 1 aromatic rings. The monoisotopic (exact) mass is 247 g/mol. The second-order valence-corrected chi connectivity index (χ2v) is 4.80. The number of ketones is 1. The summed E-state index contributed by atoms with van der Waals surface area (Å²) in [5.41, 5.74) is 0. The van der Waals surface area contributed by atoms with E-state index in [0.29, 0.717) is 4.88 Å². The normalized spacial score (nSPS) is 11.4. The second kappa shape index (κ2) is 6.06. The summed E-state index contributed by atoms with van der Waals surface area (Å²) in [6.07, 6.45) is -1.50. The van der Waals surface area contributed by atoms with Crippen LogP contribution in [0.5, 0.6) is 0 Å². The molecule has 1 rings (SSSR count). The van der Waals surface area contributed by atoms with Crippen LogP contribution in [0.15, 0.2) is 12.1 Å². The van der Waals surface area contributed by atoms with E-state index in [1.54, 1.807) is 6.07 Å². The molecular weight excluding hydrogens is 232 g/mol. The molecule has 0 unspecified atom stereocenters. The van der Waals surface area contributed by atoms with E-state index in [-0.39, 0.29) is 18.9 Å². The topological polar surface area (TPSA) is 20.3 Å². The Morgan fingerprint density at radius 2 is 2.19 bits per heavy atom. The lowest BCUT2D eigenvalue weighted by Gasteiger charge is -2.13. The van der Waals surface area contributed by atoms with Crippen LogP contribution < -0.4 is 0 Å². The fourth-order valence-corrected chi connectivity index (χ4v) is 2.22. The van der Waals surface area contributed by atoms with Gasteiger partial charge in [0.1, 0.15) is 0 Å². The fourth-order valence-electron chi connectivity index (χ4n) is 1.34. The first-order valence-electron chi connectivity index (χ1n) is 5.11. The van der Waals surface area contributed by atoms with E-state index in [0.717, 1.165) is 11.3 Å². The van der Waals surface area contributed by atoms with Gasteiger partial charge in [-0.05, 0) is 25.6 Å². The number of carbonyl (C=O) groups excluding carboxylic acids is 1. The van der Waals surface area contributed by atoms with Crippen molar-refractivity contribution in [2.75, 3.05) is 20.1 Å². The molecule has 0 saturated heterocycles. The van der Waals surface area contributed by atoms with Gasteiger partial charge in [-0.2, -0.15) is 0 Å². The van der Waals surface area contributed by atoms with Gasteiger partial charge in [0, 0.05) is 4.88 Å². The molecule has 0 aliphatic heterocycles. The summed E-state index contributed by atoms with van der Waals surface area (Å²) in [6.45, 7) is 1.70. The Labute approximate surface area is 97.9 Å². The van der Waals surface area contributed by atoms with Crippen LogP contribution in [0.3, 0.4) is 0 Å². The van der Waals surface area contributed by atoms with Crippen molar-refractivity contribution in [2.45, 2.75) is 19.8 Å². The number of hydrogen-bond donors (Lipinski definition) is 0. The molecule has 0 saturated carbocycles. The van der Waals surface area contributed by atoms with E-state index in [4.69, 9.17) is 0 Å². The van der Waals surface area contributed by atoms with Crippen molar-refractivity contribution in [1.82, 2.24) is 4.90 Å². The molecule has 1 heterocycles. The smallest absolute Gasteiger partial charge is 0.251 e. The van der Waals surface area contributed by atoms with Crippen molar-refractivity contribution in [3.8, 4) is 0 Å². The van der Waals surface area contributed by atoms with Crippen LogP contribution in [0.2, 0.25) is 0 Å². The molecule has 0 amide bonds. The molecule has 90 valence electrons. The molecule has 0 bridgehead atoms. The molecule has 2 nitrogen and oxygen atoms in total. The zero-order valence-corrected chi connectivity index (χ0v) is 10.2. The highest BCUT2D eigenvalue weighted by Gasteiger charge is 2.14. The summed E-state index contributed by atoms with van der Waals surface area (Å²) in [5, 5.41) is 0. The average molecular weight is 247 g/mol. The molecule has 0 atom stereocenters. The highest BCUT2D eigenvalue weighted by molar-refractivity contribution is 7.14. The lowest BCUT2D eigenvalue weighted by molar-refractivity contribution is 0.0823. The first-order chi connectivity index (χ1) is 7.52. The van der Waals surface area contributed by atoms with Gasteiger partial charge < -0.3 is 0 Å². The Hall–Kier alpha value is -0.810. The Kier molecular flexibility index (Phi) is 5.02. The Morgan fingerprint density at radius 1 is 1.50 bits per heavy atom. The minimum absolute atomic E-state index is 0.0496. The van der Waals surface area contributed by atoms with Gasteiger partial charge in [0.2, 0.25) is 0 Å². The molecule has 0 aliphatic carbocycles. The lowest BCUT2D eigenvalue weighted by atomic mass is 10.3. The maximum absolute atomic E-state index is 12.0. The summed E-state index contributed by atoms with van der Waals surface area (Å²) >= 11 is 1.44. The quantitative estimate of drug-likeness (QED) is 0.720. The number of thiophene rings is 1. The highest BCUT2D eigenvalue weighted by Crippen LogP contribution is 2.17. The zero-order valence-electron chi connectivity index (χ0n) is 9.37. The first-order valence-corrected chi connectivity index (χ1v) is 5.93. The van der Waals surface area contributed by atoms with Crippen LogP contribution in [0.4, 0.5) is 8.78 Å². The van der Waals surface area contributed by atoms with Gasteiger partial charge in [0.05, 0.1) is 18.0 Å². The Bertz CT molecular complexity index is 352. The summed E-state index contributed by atoms with van der Waals surface area (Å²) in [6, 6.07) is 3.67. The highest BCUT2D eigenvalue weighted by atomic mass is 32.1. The van der Waals surface area contributed by atoms with Crippen molar-refractivity contribution in [3.63, 3.8) is 0 Å². The first kappa shape index (κ1) is 13.3. The van der Waals surface area contributed by atoms with Gasteiger partial charge >= 0.3 is 0 Å². The van der Waals surface area contributed by atoms with Crippen molar-refractivity contribution in [2.24, 2.45) is 0 Å². The maximum atomic E-state index is 12.0. The van der Waals surface area contributed by atoms with Crippen LogP contribution in [0.25, 0.3) is 0 Å². The van der Waals surface area contributed by atoms with E-state index in [9.17, 15) is 13.6 Å². The maximum Gasteiger partial charge on any atom is 0.251 e. The van der Waals surface area contributed by atoms with E-state index in [1.807, 2.05) is 13.0 Å². The van der Waals surface area contributed by atoms with E-state index < -0.39 is 6.43 Å². The molecular formula is C11H15F2NOS. The number of alkyl halides is 2. The molecule has 5 heteroatoms. The van der Waals surface area contributed by atoms with Crippen LogP contribution in [-0.4, -0.2) is 37.2 Å². The number of carbonyl (C=O) groups is 1. The van der Waals surface area contributed by atoms with Gasteiger partial charge in [-0.3, -0.25) is 9.69 Å². The molecule has 1 aromatic heterocycles. The second-order valence-electron chi connectivity index (χ2n) is 3.63.